The Balaban J connectivity index is 1.91. The summed E-state index contributed by atoms with van der Waals surface area (Å²) in [5.74, 6) is 1.01. The number of aryl methyl sites for hydroxylation is 2. The van der Waals surface area contributed by atoms with Gasteiger partial charge >= 0.3 is 0 Å². The molecule has 0 N–H and O–H groups in total. The summed E-state index contributed by atoms with van der Waals surface area (Å²) in [5.41, 5.74) is 7.07. The number of aromatic nitrogens is 3. The van der Waals surface area contributed by atoms with Crippen LogP contribution in [0.25, 0.3) is 44.5 Å². The molecule has 0 aliphatic rings. The molecule has 136 valence electrons. The molecule has 0 aliphatic carbocycles. The second kappa shape index (κ2) is 6.31. The fourth-order valence-corrected chi connectivity index (χ4v) is 4.18. The van der Waals surface area contributed by atoms with Crippen LogP contribution in [0.15, 0.2) is 79.0 Å². The highest BCUT2D eigenvalue weighted by atomic mass is 15.1. The monoisotopic (exact) mass is 364 g/mol. The average Bonchev–Trinajstić information content (AvgIpc) is 3.05. The van der Waals surface area contributed by atoms with Crippen LogP contribution in [0.4, 0.5) is 0 Å². The first-order chi connectivity index (χ1) is 13.6. The molecule has 0 bridgehead atoms. The topological polar surface area (TPSA) is 21.7 Å². The molecular weight excluding hydrogens is 342 g/mol. The van der Waals surface area contributed by atoms with Crippen molar-refractivity contribution in [1.82, 2.24) is 9.55 Å². The van der Waals surface area contributed by atoms with E-state index < -0.39 is 0 Å². The molecule has 0 saturated heterocycles. The van der Waals surface area contributed by atoms with Crippen molar-refractivity contribution >= 4 is 21.8 Å². The van der Waals surface area contributed by atoms with E-state index in [1.54, 1.807) is 0 Å². The van der Waals surface area contributed by atoms with Gasteiger partial charge in [-0.2, -0.15) is 0 Å². The molecule has 3 heteroatoms. The maximum atomic E-state index is 5.01. The molecule has 5 rings (SSSR count). The van der Waals surface area contributed by atoms with Crippen LogP contribution in [0.5, 0.6) is 0 Å². The largest absolute Gasteiger partial charge is 0.327 e. The molecule has 0 unspecified atom stereocenters. The summed E-state index contributed by atoms with van der Waals surface area (Å²) < 4.78 is 4.38. The number of hydrogen-bond donors (Lipinski definition) is 0. The van der Waals surface area contributed by atoms with Crippen LogP contribution in [0.2, 0.25) is 0 Å². The summed E-state index contributed by atoms with van der Waals surface area (Å²) in [4.78, 5) is 5.01. The van der Waals surface area contributed by atoms with Crippen molar-refractivity contribution in [2.24, 2.45) is 14.1 Å². The third kappa shape index (κ3) is 2.43. The third-order valence-corrected chi connectivity index (χ3v) is 5.65. The minimum atomic E-state index is 1.01. The summed E-state index contributed by atoms with van der Waals surface area (Å²) in [6, 6.07) is 25.6. The molecule has 28 heavy (non-hydrogen) atoms. The standard InChI is InChI=1S/C25H22N3/c1-17-20(22-13-8-9-15-27(22)2)16-18-10-4-5-11-19(18)24(17)25-26-21-12-6-7-14-23(21)28(25)3/h4-16H,1-3H3/q+1. The lowest BCUT2D eigenvalue weighted by atomic mass is 9.92. The van der Waals surface area contributed by atoms with E-state index in [0.717, 1.165) is 16.9 Å². The number of para-hydroxylation sites is 2. The van der Waals surface area contributed by atoms with Gasteiger partial charge in [-0.25, -0.2) is 9.55 Å². The molecule has 2 heterocycles. The molecular formula is C25H22N3+. The smallest absolute Gasteiger partial charge is 0.212 e. The Labute approximate surface area is 164 Å². The van der Waals surface area contributed by atoms with Gasteiger partial charge in [0.15, 0.2) is 6.20 Å². The van der Waals surface area contributed by atoms with Gasteiger partial charge in [0.05, 0.1) is 16.6 Å². The summed E-state index contributed by atoms with van der Waals surface area (Å²) in [6.45, 7) is 2.21. The van der Waals surface area contributed by atoms with Gasteiger partial charge in [-0.3, -0.25) is 0 Å². The Hall–Kier alpha value is -3.46. The zero-order valence-corrected chi connectivity index (χ0v) is 16.3. The van der Waals surface area contributed by atoms with Crippen molar-refractivity contribution in [3.05, 3.63) is 84.6 Å². The quantitative estimate of drug-likeness (QED) is 0.395. The minimum Gasteiger partial charge on any atom is -0.327 e. The average molecular weight is 364 g/mol. The van der Waals surface area contributed by atoms with Crippen LogP contribution in [-0.4, -0.2) is 9.55 Å². The minimum absolute atomic E-state index is 1.01. The van der Waals surface area contributed by atoms with Crippen LogP contribution in [0.1, 0.15) is 5.56 Å². The van der Waals surface area contributed by atoms with Crippen LogP contribution in [0.3, 0.4) is 0 Å². The van der Waals surface area contributed by atoms with Gasteiger partial charge in [-0.1, -0.05) is 36.4 Å². The maximum Gasteiger partial charge on any atom is 0.212 e. The Morgan fingerprint density at radius 1 is 0.893 bits per heavy atom. The van der Waals surface area contributed by atoms with Crippen molar-refractivity contribution < 1.29 is 4.57 Å². The summed E-state index contributed by atoms with van der Waals surface area (Å²) >= 11 is 0. The predicted molar refractivity (Wildman–Crippen MR) is 115 cm³/mol. The zero-order chi connectivity index (χ0) is 19.3. The normalized spacial score (nSPS) is 11.4. The Morgan fingerprint density at radius 2 is 1.64 bits per heavy atom. The second-order valence-corrected chi connectivity index (χ2v) is 7.33. The van der Waals surface area contributed by atoms with Gasteiger partial charge in [0.1, 0.15) is 12.9 Å². The first-order valence-corrected chi connectivity index (χ1v) is 9.54. The number of rotatable bonds is 2. The Kier molecular flexibility index (Phi) is 3.76. The molecule has 0 aliphatic heterocycles. The molecule has 3 aromatic carbocycles. The third-order valence-electron chi connectivity index (χ3n) is 5.65. The Bertz CT molecular complexity index is 1350. The van der Waals surface area contributed by atoms with Crippen molar-refractivity contribution in [3.8, 4) is 22.6 Å². The van der Waals surface area contributed by atoms with Crippen LogP contribution in [0, 0.1) is 6.92 Å². The highest BCUT2D eigenvalue weighted by molar-refractivity contribution is 6.01. The number of hydrogen-bond acceptors (Lipinski definition) is 1. The van der Waals surface area contributed by atoms with E-state index in [0.29, 0.717) is 0 Å². The zero-order valence-electron chi connectivity index (χ0n) is 16.3. The van der Waals surface area contributed by atoms with Gasteiger partial charge in [0.25, 0.3) is 0 Å². The highest BCUT2D eigenvalue weighted by Gasteiger charge is 2.21. The van der Waals surface area contributed by atoms with Gasteiger partial charge in [-0.05, 0) is 47.5 Å². The number of benzene rings is 3. The second-order valence-electron chi connectivity index (χ2n) is 7.33. The summed E-state index contributed by atoms with van der Waals surface area (Å²) in [6.07, 6.45) is 2.10. The molecule has 3 nitrogen and oxygen atoms in total. The SMILES string of the molecule is Cc1c(-c2cccc[n+]2C)cc2ccccc2c1-c1nc2ccccc2n1C. The van der Waals surface area contributed by atoms with E-state index in [2.05, 4.69) is 103 Å². The number of imidazole rings is 1. The molecule has 0 radical (unpaired) electrons. The molecule has 0 atom stereocenters. The molecule has 0 fully saturated rings. The summed E-state index contributed by atoms with van der Waals surface area (Å²) in [5, 5.41) is 2.47. The highest BCUT2D eigenvalue weighted by Crippen LogP contribution is 2.38. The molecule has 0 saturated carbocycles. The van der Waals surface area contributed by atoms with E-state index in [9.17, 15) is 0 Å². The lowest BCUT2D eigenvalue weighted by molar-refractivity contribution is -0.660. The van der Waals surface area contributed by atoms with Gasteiger partial charge in [0.2, 0.25) is 5.69 Å². The maximum absolute atomic E-state index is 5.01. The van der Waals surface area contributed by atoms with Crippen molar-refractivity contribution in [1.29, 1.82) is 0 Å². The lowest BCUT2D eigenvalue weighted by Crippen LogP contribution is -2.30. The van der Waals surface area contributed by atoms with Crippen molar-refractivity contribution in [2.45, 2.75) is 6.92 Å². The predicted octanol–water partition coefficient (Wildman–Crippen LogP) is 5.19. The van der Waals surface area contributed by atoms with E-state index in [1.165, 1.54) is 33.2 Å². The van der Waals surface area contributed by atoms with Gasteiger partial charge in [-0.15, -0.1) is 0 Å². The number of nitrogens with zero attached hydrogens (tertiary/aromatic N) is 3. The van der Waals surface area contributed by atoms with E-state index in [1.807, 2.05) is 6.07 Å². The first kappa shape index (κ1) is 16.7. The fraction of sp³-hybridized carbons (Fsp3) is 0.120. The molecule has 5 aromatic rings. The van der Waals surface area contributed by atoms with E-state index in [-0.39, 0.29) is 0 Å². The fourth-order valence-electron chi connectivity index (χ4n) is 4.18. The van der Waals surface area contributed by atoms with Crippen LogP contribution >= 0.6 is 0 Å². The van der Waals surface area contributed by atoms with E-state index in [4.69, 9.17) is 4.98 Å². The lowest BCUT2D eigenvalue weighted by Gasteiger charge is -2.14. The number of fused-ring (bicyclic) bond motifs is 2. The van der Waals surface area contributed by atoms with Crippen molar-refractivity contribution in [3.63, 3.8) is 0 Å². The number of pyridine rings is 1. The molecule has 0 spiro atoms. The van der Waals surface area contributed by atoms with Gasteiger partial charge < -0.3 is 4.57 Å². The van der Waals surface area contributed by atoms with Crippen LogP contribution in [-0.2, 0) is 14.1 Å². The summed E-state index contributed by atoms with van der Waals surface area (Å²) in [7, 11) is 4.20. The molecule has 2 aromatic heterocycles. The Morgan fingerprint density at radius 3 is 2.46 bits per heavy atom. The van der Waals surface area contributed by atoms with Gasteiger partial charge in [0, 0.05) is 24.7 Å². The first-order valence-electron chi connectivity index (χ1n) is 9.54. The molecule has 0 amide bonds. The van der Waals surface area contributed by atoms with Crippen molar-refractivity contribution in [2.75, 3.05) is 0 Å². The van der Waals surface area contributed by atoms with Crippen LogP contribution < -0.4 is 4.57 Å². The van der Waals surface area contributed by atoms with E-state index >= 15 is 0 Å².